The van der Waals surface area contributed by atoms with Crippen LogP contribution in [0.3, 0.4) is 0 Å². The number of benzene rings is 1. The molecule has 30 heavy (non-hydrogen) atoms. The molecule has 0 aliphatic carbocycles. The van der Waals surface area contributed by atoms with E-state index in [0.717, 1.165) is 11.1 Å². The van der Waals surface area contributed by atoms with E-state index >= 15 is 0 Å². The standard InChI is InChI=1S/C23H33BN2O4/c1-10-25-21(27)19-18(24-29-22(6,7)23(8,9)30-24)20(28-26-19)17-12-16(13(2)3)14(4)11-15(17)5/h11-13H,10H2,1-9H3,(H,25,27). The normalized spacial score (nSPS) is 17.6. The average Bonchev–Trinajstić information content (AvgIpc) is 3.13. The number of rotatable bonds is 5. The predicted molar refractivity (Wildman–Crippen MR) is 119 cm³/mol. The van der Waals surface area contributed by atoms with Crippen LogP contribution in [0.15, 0.2) is 16.7 Å². The van der Waals surface area contributed by atoms with Crippen LogP contribution < -0.4 is 10.8 Å². The lowest BCUT2D eigenvalue weighted by Crippen LogP contribution is -2.41. The van der Waals surface area contributed by atoms with Crippen LogP contribution in [0.1, 0.15) is 81.6 Å². The fourth-order valence-electron chi connectivity index (χ4n) is 3.81. The molecule has 0 atom stereocenters. The molecule has 2 aromatic rings. The van der Waals surface area contributed by atoms with Gasteiger partial charge in [0.15, 0.2) is 11.5 Å². The maximum Gasteiger partial charge on any atom is 0.501 e. The van der Waals surface area contributed by atoms with Crippen molar-refractivity contribution in [1.29, 1.82) is 0 Å². The zero-order valence-electron chi connectivity index (χ0n) is 19.6. The number of hydrogen-bond donors (Lipinski definition) is 1. The van der Waals surface area contributed by atoms with E-state index in [1.54, 1.807) is 0 Å². The smallest absolute Gasteiger partial charge is 0.399 e. The summed E-state index contributed by atoms with van der Waals surface area (Å²) in [6.07, 6.45) is 0. The van der Waals surface area contributed by atoms with E-state index in [0.29, 0.717) is 23.7 Å². The van der Waals surface area contributed by atoms with E-state index in [1.807, 2.05) is 41.5 Å². The number of amides is 1. The maximum atomic E-state index is 12.8. The number of nitrogens with zero attached hydrogens (tertiary/aromatic N) is 1. The molecular formula is C23H33BN2O4. The van der Waals surface area contributed by atoms with Crippen molar-refractivity contribution < 1.29 is 18.6 Å². The summed E-state index contributed by atoms with van der Waals surface area (Å²) in [7, 11) is -0.753. The van der Waals surface area contributed by atoms with Crippen molar-refractivity contribution in [1.82, 2.24) is 10.5 Å². The summed E-state index contributed by atoms with van der Waals surface area (Å²) >= 11 is 0. The molecule has 162 valence electrons. The van der Waals surface area contributed by atoms with Gasteiger partial charge in [0.05, 0.1) is 16.7 Å². The molecule has 1 amide bonds. The van der Waals surface area contributed by atoms with E-state index in [-0.39, 0.29) is 11.6 Å². The fourth-order valence-corrected chi connectivity index (χ4v) is 3.81. The minimum absolute atomic E-state index is 0.205. The highest BCUT2D eigenvalue weighted by molar-refractivity contribution is 6.65. The zero-order chi connectivity index (χ0) is 22.4. The highest BCUT2D eigenvalue weighted by Crippen LogP contribution is 2.38. The summed E-state index contributed by atoms with van der Waals surface area (Å²) in [6.45, 7) is 18.8. The van der Waals surface area contributed by atoms with Crippen LogP contribution in [0.25, 0.3) is 11.3 Å². The number of aryl methyl sites for hydroxylation is 2. The van der Waals surface area contributed by atoms with Crippen molar-refractivity contribution in [2.24, 2.45) is 0 Å². The van der Waals surface area contributed by atoms with Crippen molar-refractivity contribution in [2.45, 2.75) is 79.4 Å². The van der Waals surface area contributed by atoms with Gasteiger partial charge in [0.2, 0.25) is 0 Å². The van der Waals surface area contributed by atoms with Crippen molar-refractivity contribution in [3.05, 3.63) is 34.5 Å². The lowest BCUT2D eigenvalue weighted by atomic mass is 9.75. The summed E-state index contributed by atoms with van der Waals surface area (Å²) in [5.74, 6) is 0.579. The molecule has 2 heterocycles. The Kier molecular flexibility index (Phi) is 5.91. The van der Waals surface area contributed by atoms with Gasteiger partial charge >= 0.3 is 7.12 Å². The monoisotopic (exact) mass is 412 g/mol. The number of carbonyl (C=O) groups is 1. The van der Waals surface area contributed by atoms with Crippen molar-refractivity contribution in [3.8, 4) is 11.3 Å². The van der Waals surface area contributed by atoms with Gasteiger partial charge in [0, 0.05) is 12.1 Å². The molecule has 0 spiro atoms. The van der Waals surface area contributed by atoms with Gasteiger partial charge in [-0.15, -0.1) is 0 Å². The van der Waals surface area contributed by atoms with Gasteiger partial charge in [-0.25, -0.2) is 0 Å². The maximum absolute atomic E-state index is 12.8. The summed E-state index contributed by atoms with van der Waals surface area (Å²) in [6, 6.07) is 4.28. The van der Waals surface area contributed by atoms with Gasteiger partial charge in [0.25, 0.3) is 5.91 Å². The highest BCUT2D eigenvalue weighted by Gasteiger charge is 2.54. The van der Waals surface area contributed by atoms with Crippen LogP contribution in [0.4, 0.5) is 0 Å². The minimum atomic E-state index is -0.753. The highest BCUT2D eigenvalue weighted by atomic mass is 16.7. The Bertz CT molecular complexity index is 946. The minimum Gasteiger partial charge on any atom is -0.399 e. The zero-order valence-corrected chi connectivity index (χ0v) is 19.6. The van der Waals surface area contributed by atoms with Crippen molar-refractivity contribution >= 4 is 18.5 Å². The first-order chi connectivity index (χ1) is 13.9. The summed E-state index contributed by atoms with van der Waals surface area (Å²) < 4.78 is 18.3. The SMILES string of the molecule is CCNC(=O)c1noc(-c2cc(C(C)C)c(C)cc2C)c1B1OC(C)(C)C(C)(C)O1. The third-order valence-corrected chi connectivity index (χ3v) is 6.25. The topological polar surface area (TPSA) is 73.6 Å². The molecule has 6 nitrogen and oxygen atoms in total. The number of nitrogens with one attached hydrogen (secondary N) is 1. The lowest BCUT2D eigenvalue weighted by Gasteiger charge is -2.32. The molecule has 0 bridgehead atoms. The third kappa shape index (κ3) is 3.81. The Morgan fingerprint density at radius 3 is 2.23 bits per heavy atom. The molecule has 1 N–H and O–H groups in total. The number of aromatic nitrogens is 1. The van der Waals surface area contributed by atoms with Gasteiger partial charge in [-0.05, 0) is 77.1 Å². The van der Waals surface area contributed by atoms with Gasteiger partial charge in [-0.3, -0.25) is 4.79 Å². The Labute approximate surface area is 179 Å². The second-order valence-electron chi connectivity index (χ2n) is 9.40. The molecule has 1 fully saturated rings. The number of carbonyl (C=O) groups excluding carboxylic acids is 1. The van der Waals surface area contributed by atoms with Crippen LogP contribution in [0, 0.1) is 13.8 Å². The van der Waals surface area contributed by atoms with E-state index in [4.69, 9.17) is 13.8 Å². The molecule has 1 aliphatic rings. The van der Waals surface area contributed by atoms with Gasteiger partial charge in [0.1, 0.15) is 0 Å². The van der Waals surface area contributed by atoms with E-state index in [1.165, 1.54) is 11.1 Å². The molecule has 1 aromatic heterocycles. The molecular weight excluding hydrogens is 379 g/mol. The average molecular weight is 412 g/mol. The molecule has 1 aliphatic heterocycles. The summed E-state index contributed by atoms with van der Waals surface area (Å²) in [5.41, 5.74) is 4.06. The second-order valence-corrected chi connectivity index (χ2v) is 9.40. The van der Waals surface area contributed by atoms with Crippen LogP contribution in [-0.2, 0) is 9.31 Å². The quantitative estimate of drug-likeness (QED) is 0.748. The first-order valence-electron chi connectivity index (χ1n) is 10.6. The van der Waals surface area contributed by atoms with E-state index in [2.05, 4.69) is 43.4 Å². The molecule has 3 rings (SSSR count). The number of hydrogen-bond acceptors (Lipinski definition) is 5. The fraction of sp³-hybridized carbons (Fsp3) is 0.565. The Morgan fingerprint density at radius 1 is 1.10 bits per heavy atom. The first-order valence-corrected chi connectivity index (χ1v) is 10.6. The first kappa shape index (κ1) is 22.6. The molecule has 1 saturated heterocycles. The Hall–Kier alpha value is -2.12. The largest absolute Gasteiger partial charge is 0.501 e. The van der Waals surface area contributed by atoms with Crippen molar-refractivity contribution in [3.63, 3.8) is 0 Å². The van der Waals surface area contributed by atoms with Crippen LogP contribution in [-0.4, -0.2) is 35.9 Å². The van der Waals surface area contributed by atoms with Crippen LogP contribution in [0.2, 0.25) is 0 Å². The second kappa shape index (κ2) is 7.86. The lowest BCUT2D eigenvalue weighted by molar-refractivity contribution is 0.00578. The Balaban J connectivity index is 2.21. The van der Waals surface area contributed by atoms with E-state index in [9.17, 15) is 4.79 Å². The third-order valence-electron chi connectivity index (χ3n) is 6.25. The predicted octanol–water partition coefficient (Wildman–Crippen LogP) is 4.13. The Morgan fingerprint density at radius 2 is 1.70 bits per heavy atom. The molecule has 7 heteroatoms. The summed E-state index contributed by atoms with van der Waals surface area (Å²) in [5, 5.41) is 6.95. The molecule has 0 saturated carbocycles. The van der Waals surface area contributed by atoms with Gasteiger partial charge < -0.3 is 19.1 Å². The summed E-state index contributed by atoms with van der Waals surface area (Å²) in [4.78, 5) is 12.8. The van der Waals surface area contributed by atoms with E-state index < -0.39 is 18.3 Å². The van der Waals surface area contributed by atoms with Crippen LogP contribution in [0.5, 0.6) is 0 Å². The van der Waals surface area contributed by atoms with Crippen LogP contribution >= 0.6 is 0 Å². The van der Waals surface area contributed by atoms with Gasteiger partial charge in [-0.1, -0.05) is 25.1 Å². The molecule has 0 unspecified atom stereocenters. The molecule has 1 aromatic carbocycles. The van der Waals surface area contributed by atoms with Gasteiger partial charge in [-0.2, -0.15) is 0 Å². The van der Waals surface area contributed by atoms with Crippen molar-refractivity contribution in [2.75, 3.05) is 6.54 Å². The molecule has 0 radical (unpaired) electrons.